The normalized spacial score (nSPS) is 21.6. The van der Waals surface area contributed by atoms with E-state index in [1.165, 1.54) is 14.7 Å². The van der Waals surface area contributed by atoms with Gasteiger partial charge in [-0.3, -0.25) is 9.59 Å². The van der Waals surface area contributed by atoms with Crippen molar-refractivity contribution in [2.45, 2.75) is 6.04 Å². The van der Waals surface area contributed by atoms with E-state index in [1.807, 2.05) is 24.3 Å². The molecule has 0 bridgehead atoms. The first-order valence-electron chi connectivity index (χ1n) is 9.65. The molecule has 4 rings (SSSR count). The molecular weight excluding hydrogens is 394 g/mol. The average Bonchev–Trinajstić information content (AvgIpc) is 3.03. The summed E-state index contributed by atoms with van der Waals surface area (Å²) < 4.78 is 5.16. The molecule has 0 saturated carbocycles. The second-order valence-electron chi connectivity index (χ2n) is 7.19. The van der Waals surface area contributed by atoms with Gasteiger partial charge in [-0.25, -0.2) is 9.59 Å². The summed E-state index contributed by atoms with van der Waals surface area (Å²) in [4.78, 5) is 59.7. The maximum atomic E-state index is 12.5. The van der Waals surface area contributed by atoms with Gasteiger partial charge in [-0.1, -0.05) is 5.06 Å². The maximum absolute atomic E-state index is 12.5. The van der Waals surface area contributed by atoms with E-state index in [0.29, 0.717) is 31.2 Å². The van der Waals surface area contributed by atoms with E-state index in [1.54, 1.807) is 13.5 Å². The van der Waals surface area contributed by atoms with Crippen molar-refractivity contribution in [3.8, 4) is 5.75 Å². The number of imide groups is 1. The van der Waals surface area contributed by atoms with E-state index < -0.39 is 24.1 Å². The highest BCUT2D eigenvalue weighted by Gasteiger charge is 2.50. The van der Waals surface area contributed by atoms with Gasteiger partial charge in [0.15, 0.2) is 0 Å². The van der Waals surface area contributed by atoms with Gasteiger partial charge in [0.25, 0.3) is 5.91 Å². The van der Waals surface area contributed by atoms with Crippen molar-refractivity contribution in [3.63, 3.8) is 0 Å². The summed E-state index contributed by atoms with van der Waals surface area (Å²) in [6.45, 7) is 2.48. The summed E-state index contributed by atoms with van der Waals surface area (Å²) in [5, 5.41) is 0.511. The molecule has 3 saturated heterocycles. The summed E-state index contributed by atoms with van der Waals surface area (Å²) in [6, 6.07) is 6.13. The summed E-state index contributed by atoms with van der Waals surface area (Å²) >= 11 is 0. The number of benzene rings is 1. The lowest BCUT2D eigenvalue weighted by Crippen LogP contribution is -2.52. The molecule has 3 aliphatic heterocycles. The van der Waals surface area contributed by atoms with Crippen LogP contribution in [0.5, 0.6) is 5.75 Å². The molecule has 1 aromatic rings. The van der Waals surface area contributed by atoms with Crippen molar-refractivity contribution in [1.82, 2.24) is 19.8 Å². The van der Waals surface area contributed by atoms with Crippen molar-refractivity contribution >= 4 is 30.1 Å². The zero-order valence-electron chi connectivity index (χ0n) is 16.5. The quantitative estimate of drug-likeness (QED) is 0.631. The number of amides is 5. The van der Waals surface area contributed by atoms with E-state index in [2.05, 4.69) is 4.90 Å². The number of piperazine rings is 2. The fourth-order valence-electron chi connectivity index (χ4n) is 3.81. The highest BCUT2D eigenvalue weighted by atomic mass is 16.7. The smallest absolute Gasteiger partial charge is 0.434 e. The van der Waals surface area contributed by atoms with Gasteiger partial charge in [-0.15, -0.1) is 0 Å². The Bertz CT molecular complexity index is 838. The number of ether oxygens (including phenoxy) is 1. The molecule has 0 N–H and O–H groups in total. The molecule has 5 amide bonds. The van der Waals surface area contributed by atoms with Gasteiger partial charge in [0.2, 0.25) is 0 Å². The molecule has 0 aromatic heterocycles. The number of hydrogen-bond acceptors (Lipinski definition) is 7. The van der Waals surface area contributed by atoms with E-state index >= 15 is 0 Å². The highest BCUT2D eigenvalue weighted by molar-refractivity contribution is 6.04. The third kappa shape index (κ3) is 3.58. The fraction of sp³-hybridized carbons (Fsp3) is 0.474. The van der Waals surface area contributed by atoms with Crippen molar-refractivity contribution in [1.29, 1.82) is 0 Å². The Kier molecular flexibility index (Phi) is 5.34. The lowest BCUT2D eigenvalue weighted by Gasteiger charge is -2.35. The Morgan fingerprint density at radius 1 is 1.03 bits per heavy atom. The number of anilines is 1. The Hall–Kier alpha value is -3.50. The topological polar surface area (TPSA) is 103 Å². The molecule has 0 aliphatic carbocycles. The number of fused-ring (bicyclic) bond motifs is 1. The SMILES string of the molecule is COc1ccc(N2CCN(C(=O)ON3C(=O)C4CN([C]=O)CCN4C3=O)CC2)cc1. The van der Waals surface area contributed by atoms with Crippen molar-refractivity contribution in [2.24, 2.45) is 0 Å². The summed E-state index contributed by atoms with van der Waals surface area (Å²) in [5.41, 5.74) is 1.02. The van der Waals surface area contributed by atoms with Crippen LogP contribution in [0, 0.1) is 0 Å². The number of hydroxylamine groups is 2. The summed E-state index contributed by atoms with van der Waals surface area (Å²) in [7, 11) is 1.61. The molecule has 159 valence electrons. The molecule has 1 unspecified atom stereocenters. The lowest BCUT2D eigenvalue weighted by atomic mass is 10.2. The minimum Gasteiger partial charge on any atom is -0.497 e. The molecule has 3 aliphatic rings. The van der Waals surface area contributed by atoms with Crippen LogP contribution in [0.2, 0.25) is 0 Å². The third-order valence-corrected chi connectivity index (χ3v) is 5.56. The summed E-state index contributed by atoms with van der Waals surface area (Å²) in [5.74, 6) is 0.122. The number of hydrogen-bond donors (Lipinski definition) is 0. The van der Waals surface area contributed by atoms with Gasteiger partial charge in [-0.2, -0.15) is 0 Å². The average molecular weight is 416 g/mol. The van der Waals surface area contributed by atoms with E-state index in [9.17, 15) is 19.2 Å². The van der Waals surface area contributed by atoms with Crippen LogP contribution in [0.3, 0.4) is 0 Å². The molecule has 3 heterocycles. The fourth-order valence-corrected chi connectivity index (χ4v) is 3.81. The van der Waals surface area contributed by atoms with Gasteiger partial charge < -0.3 is 29.2 Å². The van der Waals surface area contributed by atoms with Gasteiger partial charge in [0, 0.05) is 45.0 Å². The standard InChI is InChI=1S/C19H22N5O6/c1-29-15-4-2-14(3-5-15)21-7-9-22(10-8-21)19(28)30-24-17(26)16-12-20(13-25)6-11-23(16)18(24)27/h2-5,16H,6-12H2,1H3. The lowest BCUT2D eigenvalue weighted by molar-refractivity contribution is -0.152. The second-order valence-corrected chi connectivity index (χ2v) is 7.19. The molecule has 11 heteroatoms. The van der Waals surface area contributed by atoms with E-state index in [-0.39, 0.29) is 19.6 Å². The van der Waals surface area contributed by atoms with Crippen molar-refractivity contribution in [3.05, 3.63) is 24.3 Å². The Morgan fingerprint density at radius 2 is 1.73 bits per heavy atom. The van der Waals surface area contributed by atoms with Gasteiger partial charge in [-0.05, 0) is 24.3 Å². The first kappa shape index (κ1) is 19.8. The van der Waals surface area contributed by atoms with Crippen LogP contribution in [0.15, 0.2) is 24.3 Å². The maximum Gasteiger partial charge on any atom is 0.434 e. The van der Waals surface area contributed by atoms with Crippen LogP contribution in [0.4, 0.5) is 15.3 Å². The predicted octanol–water partition coefficient (Wildman–Crippen LogP) is -0.116. The number of carbonyl (C=O) groups excluding carboxylic acids is 4. The number of urea groups is 1. The van der Waals surface area contributed by atoms with Crippen LogP contribution in [-0.2, 0) is 14.4 Å². The Morgan fingerprint density at radius 3 is 2.37 bits per heavy atom. The third-order valence-electron chi connectivity index (χ3n) is 5.56. The van der Waals surface area contributed by atoms with Crippen molar-refractivity contribution in [2.75, 3.05) is 57.8 Å². The van der Waals surface area contributed by atoms with Crippen molar-refractivity contribution < 1.29 is 28.8 Å². The minimum absolute atomic E-state index is 0.0443. The molecule has 3 fully saturated rings. The first-order valence-corrected chi connectivity index (χ1v) is 9.65. The zero-order valence-corrected chi connectivity index (χ0v) is 16.5. The zero-order chi connectivity index (χ0) is 21.3. The second kappa shape index (κ2) is 8.09. The van der Waals surface area contributed by atoms with E-state index in [0.717, 1.165) is 11.4 Å². The van der Waals surface area contributed by atoms with Gasteiger partial charge in [0.1, 0.15) is 11.8 Å². The number of rotatable bonds is 4. The monoisotopic (exact) mass is 416 g/mol. The molecule has 11 nitrogen and oxygen atoms in total. The molecule has 1 aromatic carbocycles. The number of carbonyl (C=O) groups is 3. The first-order chi connectivity index (χ1) is 14.5. The van der Waals surface area contributed by atoms with Crippen LogP contribution in [0.25, 0.3) is 0 Å². The van der Waals surface area contributed by atoms with Crippen LogP contribution in [0.1, 0.15) is 0 Å². The van der Waals surface area contributed by atoms with E-state index in [4.69, 9.17) is 9.57 Å². The predicted molar refractivity (Wildman–Crippen MR) is 103 cm³/mol. The number of methoxy groups -OCH3 is 1. The minimum atomic E-state index is -0.840. The van der Waals surface area contributed by atoms with Gasteiger partial charge in [0.05, 0.1) is 13.7 Å². The molecule has 0 spiro atoms. The highest BCUT2D eigenvalue weighted by Crippen LogP contribution is 2.23. The van der Waals surface area contributed by atoms with Gasteiger partial charge >= 0.3 is 18.5 Å². The largest absolute Gasteiger partial charge is 0.497 e. The van der Waals surface area contributed by atoms with Crippen LogP contribution >= 0.6 is 0 Å². The Labute approximate surface area is 173 Å². The molecule has 30 heavy (non-hydrogen) atoms. The Balaban J connectivity index is 1.33. The molecule has 1 atom stereocenters. The number of nitrogens with zero attached hydrogens (tertiary/aromatic N) is 5. The molecule has 1 radical (unpaired) electrons. The van der Waals surface area contributed by atoms with Crippen LogP contribution in [-0.4, -0.2) is 103 Å². The summed E-state index contributed by atoms with van der Waals surface area (Å²) in [6.07, 6.45) is 0.985. The van der Waals surface area contributed by atoms with Crippen LogP contribution < -0.4 is 9.64 Å². The molecular formula is C19H22N5O6.